The fourth-order valence-corrected chi connectivity index (χ4v) is 5.03. The number of hydrogen-bond donors (Lipinski definition) is 0. The third-order valence-corrected chi connectivity index (χ3v) is 6.98. The van der Waals surface area contributed by atoms with E-state index in [9.17, 15) is 9.59 Å². The van der Waals surface area contributed by atoms with Crippen molar-refractivity contribution in [1.29, 1.82) is 0 Å². The summed E-state index contributed by atoms with van der Waals surface area (Å²) in [7, 11) is 0. The molecule has 1 fully saturated rings. The normalized spacial score (nSPS) is 13.2. The Morgan fingerprint density at radius 1 is 0.972 bits per heavy atom. The Morgan fingerprint density at radius 3 is 2.53 bits per heavy atom. The van der Waals surface area contributed by atoms with Crippen LogP contribution in [-0.4, -0.2) is 38.8 Å². The maximum Gasteiger partial charge on any atom is 0.227 e. The van der Waals surface area contributed by atoms with Gasteiger partial charge in [-0.3, -0.25) is 14.2 Å². The molecule has 182 valence electrons. The third-order valence-electron chi connectivity index (χ3n) is 6.05. The summed E-state index contributed by atoms with van der Waals surface area (Å²) in [6, 6.07) is 24.9. The zero-order valence-corrected chi connectivity index (χ0v) is 20.8. The maximum absolute atomic E-state index is 13.1. The van der Waals surface area contributed by atoms with E-state index in [4.69, 9.17) is 4.74 Å². The minimum Gasteiger partial charge on any atom is -0.485 e. The van der Waals surface area contributed by atoms with Gasteiger partial charge in [-0.05, 0) is 49.2 Å². The largest absolute Gasteiger partial charge is 0.485 e. The van der Waals surface area contributed by atoms with Gasteiger partial charge < -0.3 is 9.64 Å². The van der Waals surface area contributed by atoms with Crippen LogP contribution in [0.1, 0.15) is 34.6 Å². The molecule has 36 heavy (non-hydrogen) atoms. The lowest BCUT2D eigenvalue weighted by molar-refractivity contribution is -0.117. The third kappa shape index (κ3) is 5.18. The van der Waals surface area contributed by atoms with Crippen LogP contribution < -0.4 is 9.64 Å². The van der Waals surface area contributed by atoms with Crippen molar-refractivity contribution >= 4 is 29.1 Å². The highest BCUT2D eigenvalue weighted by molar-refractivity contribution is 7.99. The highest BCUT2D eigenvalue weighted by Crippen LogP contribution is 2.26. The number of aromatic nitrogens is 3. The highest BCUT2D eigenvalue weighted by atomic mass is 32.2. The second-order valence-electron chi connectivity index (χ2n) is 8.54. The molecule has 0 aliphatic carbocycles. The van der Waals surface area contributed by atoms with Crippen LogP contribution in [0.15, 0.2) is 84.0 Å². The topological polar surface area (TPSA) is 77.3 Å². The number of carbonyl (C=O) groups is 2. The fraction of sp³-hybridized carbons (Fsp3) is 0.214. The average Bonchev–Trinajstić information content (AvgIpc) is 3.53. The number of amides is 1. The van der Waals surface area contributed by atoms with E-state index in [0.717, 1.165) is 29.1 Å². The molecule has 1 aliphatic rings. The summed E-state index contributed by atoms with van der Waals surface area (Å²) in [6.07, 6.45) is 1.40. The minimum atomic E-state index is -0.0335. The molecular weight excluding hydrogens is 472 g/mol. The molecule has 0 atom stereocenters. The van der Waals surface area contributed by atoms with Crippen LogP contribution in [0.3, 0.4) is 0 Å². The van der Waals surface area contributed by atoms with Crippen molar-refractivity contribution in [2.24, 2.45) is 0 Å². The van der Waals surface area contributed by atoms with Crippen LogP contribution in [0.5, 0.6) is 5.75 Å². The van der Waals surface area contributed by atoms with Gasteiger partial charge in [-0.25, -0.2) is 0 Å². The highest BCUT2D eigenvalue weighted by Gasteiger charge is 2.23. The van der Waals surface area contributed by atoms with E-state index in [1.54, 1.807) is 17.0 Å². The van der Waals surface area contributed by atoms with Crippen LogP contribution >= 0.6 is 11.8 Å². The van der Waals surface area contributed by atoms with E-state index in [1.165, 1.54) is 11.8 Å². The first-order chi connectivity index (χ1) is 17.6. The molecule has 0 N–H and O–H groups in total. The SMILES string of the molecule is Cc1ccccc1OCc1nnc(SCC(=O)c2cccc(N3CCCC3=O)c2)n1-c1ccccc1. The number of Topliss-reactive ketones (excluding diaryl/α,β-unsaturated/α-hetero) is 1. The number of benzene rings is 3. The average molecular weight is 499 g/mol. The summed E-state index contributed by atoms with van der Waals surface area (Å²) in [6.45, 7) is 2.94. The first-order valence-corrected chi connectivity index (χ1v) is 12.8. The summed E-state index contributed by atoms with van der Waals surface area (Å²) >= 11 is 1.33. The number of aryl methyl sites for hydroxylation is 1. The zero-order chi connectivity index (χ0) is 24.9. The van der Waals surface area contributed by atoms with E-state index in [0.29, 0.717) is 29.5 Å². The van der Waals surface area contributed by atoms with Crippen molar-refractivity contribution in [3.8, 4) is 11.4 Å². The van der Waals surface area contributed by atoms with Gasteiger partial charge in [0.25, 0.3) is 0 Å². The Balaban J connectivity index is 1.34. The smallest absolute Gasteiger partial charge is 0.227 e. The van der Waals surface area contributed by atoms with E-state index in [1.807, 2.05) is 78.2 Å². The number of thioether (sulfide) groups is 1. The summed E-state index contributed by atoms with van der Waals surface area (Å²) < 4.78 is 7.96. The summed E-state index contributed by atoms with van der Waals surface area (Å²) in [4.78, 5) is 26.9. The fourth-order valence-electron chi connectivity index (χ4n) is 4.17. The Labute approximate surface area is 214 Å². The number of ketones is 1. The van der Waals surface area contributed by atoms with E-state index >= 15 is 0 Å². The van der Waals surface area contributed by atoms with Gasteiger partial charge in [0, 0.05) is 29.9 Å². The molecule has 0 radical (unpaired) electrons. The maximum atomic E-state index is 13.1. The number of anilines is 1. The van der Waals surface area contributed by atoms with Gasteiger partial charge in [0.15, 0.2) is 16.8 Å². The summed E-state index contributed by atoms with van der Waals surface area (Å²) in [5.41, 5.74) is 3.29. The zero-order valence-electron chi connectivity index (χ0n) is 20.0. The quantitative estimate of drug-likeness (QED) is 0.232. The van der Waals surface area contributed by atoms with Crippen molar-refractivity contribution in [2.75, 3.05) is 17.2 Å². The number of hydrogen-bond acceptors (Lipinski definition) is 6. The van der Waals surface area contributed by atoms with Crippen LogP contribution in [0.4, 0.5) is 5.69 Å². The Bertz CT molecular complexity index is 1390. The van der Waals surface area contributed by atoms with Crippen LogP contribution in [0.25, 0.3) is 5.69 Å². The van der Waals surface area contributed by atoms with E-state index < -0.39 is 0 Å². The first kappa shape index (κ1) is 23.8. The van der Waals surface area contributed by atoms with E-state index in [-0.39, 0.29) is 24.1 Å². The number of ether oxygens (including phenoxy) is 1. The molecule has 5 rings (SSSR count). The number of nitrogens with zero attached hydrogens (tertiary/aromatic N) is 4. The molecule has 0 spiro atoms. The molecule has 0 bridgehead atoms. The predicted octanol–water partition coefficient (Wildman–Crippen LogP) is 5.26. The molecule has 4 aromatic rings. The van der Waals surface area contributed by atoms with Crippen molar-refractivity contribution in [2.45, 2.75) is 31.5 Å². The number of rotatable bonds is 9. The Hall–Kier alpha value is -3.91. The predicted molar refractivity (Wildman–Crippen MR) is 140 cm³/mol. The van der Waals surface area contributed by atoms with Gasteiger partial charge in [-0.15, -0.1) is 10.2 Å². The van der Waals surface area contributed by atoms with Crippen LogP contribution in [-0.2, 0) is 11.4 Å². The lowest BCUT2D eigenvalue weighted by Gasteiger charge is -2.16. The first-order valence-electron chi connectivity index (χ1n) is 11.8. The Kier molecular flexibility index (Phi) is 7.13. The van der Waals surface area contributed by atoms with Crippen molar-refractivity contribution in [3.63, 3.8) is 0 Å². The van der Waals surface area contributed by atoms with Gasteiger partial charge in [0.1, 0.15) is 12.4 Å². The van der Waals surface area contributed by atoms with Crippen LogP contribution in [0.2, 0.25) is 0 Å². The van der Waals surface area contributed by atoms with Gasteiger partial charge in [0.2, 0.25) is 5.91 Å². The summed E-state index contributed by atoms with van der Waals surface area (Å²) in [5, 5.41) is 9.36. The molecular formula is C28H26N4O3S. The molecule has 0 saturated carbocycles. The monoisotopic (exact) mass is 498 g/mol. The molecule has 0 unspecified atom stereocenters. The minimum absolute atomic E-state index is 0.0335. The lowest BCUT2D eigenvalue weighted by Crippen LogP contribution is -2.23. The van der Waals surface area contributed by atoms with Crippen molar-refractivity contribution in [3.05, 3.63) is 95.8 Å². The molecule has 7 nitrogen and oxygen atoms in total. The standard InChI is InChI=1S/C28H26N4O3S/c1-20-9-5-6-14-25(20)35-18-26-29-30-28(32(26)22-11-3-2-4-12-22)36-19-24(33)21-10-7-13-23(17-21)31-16-8-15-27(31)34/h2-7,9-14,17H,8,15-16,18-19H2,1H3. The number of carbonyl (C=O) groups excluding carboxylic acids is 2. The molecule has 1 saturated heterocycles. The van der Waals surface area contributed by atoms with Crippen molar-refractivity contribution in [1.82, 2.24) is 14.8 Å². The molecule has 1 aromatic heterocycles. The van der Waals surface area contributed by atoms with Crippen molar-refractivity contribution < 1.29 is 14.3 Å². The lowest BCUT2D eigenvalue weighted by atomic mass is 10.1. The number of para-hydroxylation sites is 2. The van der Waals surface area contributed by atoms with Gasteiger partial charge >= 0.3 is 0 Å². The van der Waals surface area contributed by atoms with Crippen LogP contribution in [0, 0.1) is 6.92 Å². The second-order valence-corrected chi connectivity index (χ2v) is 9.48. The molecule has 3 aromatic carbocycles. The van der Waals surface area contributed by atoms with Gasteiger partial charge in [-0.1, -0.05) is 60.3 Å². The molecule has 1 amide bonds. The van der Waals surface area contributed by atoms with E-state index in [2.05, 4.69) is 10.2 Å². The molecule has 2 heterocycles. The Morgan fingerprint density at radius 2 is 1.75 bits per heavy atom. The molecule has 1 aliphatic heterocycles. The molecule has 8 heteroatoms. The van der Waals surface area contributed by atoms with Gasteiger partial charge in [-0.2, -0.15) is 0 Å². The second kappa shape index (κ2) is 10.8. The van der Waals surface area contributed by atoms with Gasteiger partial charge in [0.05, 0.1) is 5.75 Å². The summed E-state index contributed by atoms with van der Waals surface area (Å²) in [5.74, 6) is 1.70.